The predicted octanol–water partition coefficient (Wildman–Crippen LogP) is 3.53. The lowest BCUT2D eigenvalue weighted by atomic mass is 10.1. The first-order valence-corrected chi connectivity index (χ1v) is 8.49. The number of carbonyl (C=O) groups is 3. The van der Waals surface area contributed by atoms with Gasteiger partial charge >= 0.3 is 5.97 Å². The SMILES string of the molecule is O=C(O)c1ccc(C=C2SC(=O)N(Cc3cccc([N+](=O)[O-])c3)C2=O)cc1. The van der Waals surface area contributed by atoms with Crippen molar-refractivity contribution in [3.63, 3.8) is 0 Å². The number of benzene rings is 2. The van der Waals surface area contributed by atoms with Gasteiger partial charge in [-0.3, -0.25) is 24.6 Å². The van der Waals surface area contributed by atoms with Crippen LogP contribution in [0.5, 0.6) is 0 Å². The Balaban J connectivity index is 1.79. The van der Waals surface area contributed by atoms with Crippen LogP contribution in [0.25, 0.3) is 6.08 Å². The molecule has 0 aromatic heterocycles. The van der Waals surface area contributed by atoms with E-state index in [4.69, 9.17) is 5.11 Å². The van der Waals surface area contributed by atoms with Crippen molar-refractivity contribution in [2.24, 2.45) is 0 Å². The number of carboxylic acid groups (broad SMARTS) is 1. The van der Waals surface area contributed by atoms with Crippen LogP contribution in [-0.4, -0.2) is 32.0 Å². The van der Waals surface area contributed by atoms with Crippen LogP contribution in [-0.2, 0) is 11.3 Å². The molecule has 0 atom stereocenters. The average Bonchev–Trinajstić information content (AvgIpc) is 2.90. The number of nitrogens with zero attached hydrogens (tertiary/aromatic N) is 2. The molecule has 0 aliphatic carbocycles. The highest BCUT2D eigenvalue weighted by atomic mass is 32.2. The highest BCUT2D eigenvalue weighted by molar-refractivity contribution is 8.18. The number of thioether (sulfide) groups is 1. The van der Waals surface area contributed by atoms with E-state index in [0.29, 0.717) is 11.1 Å². The van der Waals surface area contributed by atoms with Crippen molar-refractivity contribution in [2.75, 3.05) is 0 Å². The number of non-ortho nitro benzene ring substituents is 1. The summed E-state index contributed by atoms with van der Waals surface area (Å²) in [4.78, 5) is 47.1. The van der Waals surface area contributed by atoms with Crippen molar-refractivity contribution < 1.29 is 24.4 Å². The molecule has 0 unspecified atom stereocenters. The van der Waals surface area contributed by atoms with Gasteiger partial charge in [-0.2, -0.15) is 0 Å². The van der Waals surface area contributed by atoms with Gasteiger partial charge in [-0.25, -0.2) is 4.79 Å². The summed E-state index contributed by atoms with van der Waals surface area (Å²) in [7, 11) is 0. The second-order valence-electron chi connectivity index (χ2n) is 5.62. The molecular weight excluding hydrogens is 372 g/mol. The van der Waals surface area contributed by atoms with Gasteiger partial charge in [-0.05, 0) is 41.1 Å². The summed E-state index contributed by atoms with van der Waals surface area (Å²) < 4.78 is 0. The van der Waals surface area contributed by atoms with Gasteiger partial charge in [0, 0.05) is 12.1 Å². The Morgan fingerprint density at radius 3 is 2.52 bits per heavy atom. The van der Waals surface area contributed by atoms with Gasteiger partial charge in [0.15, 0.2) is 0 Å². The standard InChI is InChI=1S/C18H12N2O6S/c21-16-15(9-11-4-6-13(7-5-11)17(22)23)27-18(24)19(16)10-12-2-1-3-14(8-12)20(25)26/h1-9H,10H2,(H,22,23). The van der Waals surface area contributed by atoms with Crippen LogP contribution in [0.4, 0.5) is 10.5 Å². The molecule has 1 aliphatic heterocycles. The van der Waals surface area contributed by atoms with Gasteiger partial charge < -0.3 is 5.11 Å². The fourth-order valence-electron chi connectivity index (χ4n) is 2.46. The van der Waals surface area contributed by atoms with Gasteiger partial charge in [0.05, 0.1) is 21.9 Å². The molecule has 1 heterocycles. The first-order chi connectivity index (χ1) is 12.8. The fourth-order valence-corrected chi connectivity index (χ4v) is 3.30. The third kappa shape index (κ3) is 4.04. The molecule has 1 fully saturated rings. The summed E-state index contributed by atoms with van der Waals surface area (Å²) in [5.41, 5.74) is 1.05. The highest BCUT2D eigenvalue weighted by Crippen LogP contribution is 2.33. The Morgan fingerprint density at radius 2 is 1.89 bits per heavy atom. The summed E-state index contributed by atoms with van der Waals surface area (Å²) in [6, 6.07) is 11.6. The second kappa shape index (κ2) is 7.42. The first-order valence-electron chi connectivity index (χ1n) is 7.67. The predicted molar refractivity (Wildman–Crippen MR) is 98.0 cm³/mol. The Bertz CT molecular complexity index is 984. The van der Waals surface area contributed by atoms with Crippen LogP contribution in [0.3, 0.4) is 0 Å². The Labute approximate surface area is 157 Å². The van der Waals surface area contributed by atoms with Gasteiger partial charge in [-0.15, -0.1) is 0 Å². The fraction of sp³-hybridized carbons (Fsp3) is 0.0556. The lowest BCUT2D eigenvalue weighted by Gasteiger charge is -2.12. The second-order valence-corrected chi connectivity index (χ2v) is 6.62. The van der Waals surface area contributed by atoms with E-state index in [2.05, 4.69) is 0 Å². The van der Waals surface area contributed by atoms with E-state index < -0.39 is 22.0 Å². The molecule has 8 nitrogen and oxygen atoms in total. The van der Waals surface area contributed by atoms with E-state index in [0.717, 1.165) is 16.7 Å². The van der Waals surface area contributed by atoms with Crippen LogP contribution in [0.1, 0.15) is 21.5 Å². The van der Waals surface area contributed by atoms with Crippen molar-refractivity contribution in [2.45, 2.75) is 6.54 Å². The highest BCUT2D eigenvalue weighted by Gasteiger charge is 2.35. The van der Waals surface area contributed by atoms with Crippen LogP contribution in [0.15, 0.2) is 53.4 Å². The molecule has 1 aliphatic rings. The normalized spacial score (nSPS) is 15.4. The molecule has 0 spiro atoms. The number of nitro groups is 1. The van der Waals surface area contributed by atoms with Crippen molar-refractivity contribution in [1.82, 2.24) is 4.90 Å². The molecule has 9 heteroatoms. The number of carbonyl (C=O) groups excluding carboxylic acids is 2. The van der Waals surface area contributed by atoms with Gasteiger partial charge in [0.2, 0.25) is 0 Å². The number of rotatable bonds is 5. The van der Waals surface area contributed by atoms with Crippen molar-refractivity contribution in [3.05, 3.63) is 80.2 Å². The smallest absolute Gasteiger partial charge is 0.335 e. The summed E-state index contributed by atoms with van der Waals surface area (Å²) in [6.45, 7) is -0.0678. The summed E-state index contributed by atoms with van der Waals surface area (Å²) >= 11 is 0.765. The minimum atomic E-state index is -1.06. The molecule has 27 heavy (non-hydrogen) atoms. The van der Waals surface area contributed by atoms with Crippen LogP contribution in [0.2, 0.25) is 0 Å². The third-order valence-electron chi connectivity index (χ3n) is 3.79. The molecule has 2 aromatic carbocycles. The van der Waals surface area contributed by atoms with E-state index in [1.165, 1.54) is 48.5 Å². The molecule has 1 N–H and O–H groups in total. The summed E-state index contributed by atoms with van der Waals surface area (Å²) in [5, 5.41) is 19.3. The number of nitro benzene ring substituents is 1. The quantitative estimate of drug-likeness (QED) is 0.476. The number of imide groups is 1. The third-order valence-corrected chi connectivity index (χ3v) is 4.70. The maximum absolute atomic E-state index is 12.5. The molecular formula is C18H12N2O6S. The lowest BCUT2D eigenvalue weighted by molar-refractivity contribution is -0.384. The minimum absolute atomic E-state index is 0.0678. The molecule has 2 aromatic rings. The van der Waals surface area contributed by atoms with Gasteiger partial charge in [0.25, 0.3) is 16.8 Å². The number of hydrogen-bond acceptors (Lipinski definition) is 6. The maximum Gasteiger partial charge on any atom is 0.335 e. The monoisotopic (exact) mass is 384 g/mol. The number of carboxylic acids is 1. The van der Waals surface area contributed by atoms with E-state index in [1.807, 2.05) is 0 Å². The zero-order valence-corrected chi connectivity index (χ0v) is 14.5. The number of aromatic carboxylic acids is 1. The Morgan fingerprint density at radius 1 is 1.19 bits per heavy atom. The summed E-state index contributed by atoms with van der Waals surface area (Å²) in [5.74, 6) is -1.56. The molecule has 2 amide bonds. The summed E-state index contributed by atoms with van der Waals surface area (Å²) in [6.07, 6.45) is 1.50. The number of hydrogen-bond donors (Lipinski definition) is 1. The molecule has 136 valence electrons. The number of amides is 2. The van der Waals surface area contributed by atoms with E-state index in [9.17, 15) is 24.5 Å². The van der Waals surface area contributed by atoms with E-state index in [1.54, 1.807) is 6.07 Å². The van der Waals surface area contributed by atoms with Crippen LogP contribution in [0, 0.1) is 10.1 Å². The zero-order valence-electron chi connectivity index (χ0n) is 13.7. The van der Waals surface area contributed by atoms with Gasteiger partial charge in [0.1, 0.15) is 0 Å². The van der Waals surface area contributed by atoms with E-state index >= 15 is 0 Å². The first kappa shape index (κ1) is 18.3. The minimum Gasteiger partial charge on any atom is -0.478 e. The molecule has 0 bridgehead atoms. The van der Waals surface area contributed by atoms with Crippen molar-refractivity contribution >= 4 is 40.6 Å². The zero-order chi connectivity index (χ0) is 19.6. The topological polar surface area (TPSA) is 118 Å². The van der Waals surface area contributed by atoms with E-state index in [-0.39, 0.29) is 22.7 Å². The van der Waals surface area contributed by atoms with Crippen LogP contribution < -0.4 is 0 Å². The van der Waals surface area contributed by atoms with Gasteiger partial charge in [-0.1, -0.05) is 24.3 Å². The van der Waals surface area contributed by atoms with Crippen LogP contribution >= 0.6 is 11.8 Å². The molecule has 0 saturated carbocycles. The van der Waals surface area contributed by atoms with Crippen molar-refractivity contribution in [1.29, 1.82) is 0 Å². The average molecular weight is 384 g/mol. The lowest BCUT2D eigenvalue weighted by Crippen LogP contribution is -2.27. The molecule has 0 radical (unpaired) electrons. The largest absolute Gasteiger partial charge is 0.478 e. The molecule has 3 rings (SSSR count). The Hall–Kier alpha value is -3.46. The molecule has 1 saturated heterocycles. The van der Waals surface area contributed by atoms with Crippen molar-refractivity contribution in [3.8, 4) is 0 Å². The Kier molecular flexibility index (Phi) is 5.04. The maximum atomic E-state index is 12.5.